The summed E-state index contributed by atoms with van der Waals surface area (Å²) in [6.45, 7) is 0.323. The van der Waals surface area contributed by atoms with Gasteiger partial charge in [-0.1, -0.05) is 34.1 Å². The number of phenols is 1. The van der Waals surface area contributed by atoms with Crippen molar-refractivity contribution in [2.75, 3.05) is 12.4 Å². The molecule has 0 heterocycles. The first-order valence-corrected chi connectivity index (χ1v) is 11.0. The van der Waals surface area contributed by atoms with Crippen molar-refractivity contribution in [3.63, 3.8) is 0 Å². The third kappa shape index (κ3) is 5.90. The molecule has 0 radical (unpaired) electrons. The van der Waals surface area contributed by atoms with Crippen LogP contribution in [0, 0.1) is 11.3 Å². The number of carbonyl (C=O) groups is 1. The number of phenolic OH excluding ortho intramolecular Hbond substituents is 1. The first-order chi connectivity index (χ1) is 15.4. The number of hydrogen-bond acceptors (Lipinski definition) is 5. The normalized spacial score (nSPS) is 10.9. The standard InChI is InChI=1S/C24H18Br2N2O4/c1-31-22-12-15(10-17(13-27)24(30)28-18-6-8-19(29)9-7-18)11-21(26)23(22)32-14-16-4-2-3-5-20(16)25/h2-12,29H,14H2,1H3,(H,28,30)/b17-10+. The molecule has 3 rings (SSSR count). The maximum absolute atomic E-state index is 12.5. The molecule has 3 aromatic carbocycles. The van der Waals surface area contributed by atoms with E-state index in [4.69, 9.17) is 9.47 Å². The number of nitrogens with one attached hydrogen (secondary N) is 1. The van der Waals surface area contributed by atoms with Crippen molar-refractivity contribution >= 4 is 49.5 Å². The van der Waals surface area contributed by atoms with Crippen LogP contribution >= 0.6 is 31.9 Å². The monoisotopic (exact) mass is 556 g/mol. The Morgan fingerprint density at radius 1 is 1.12 bits per heavy atom. The first-order valence-electron chi connectivity index (χ1n) is 9.37. The Hall–Kier alpha value is -3.28. The van der Waals surface area contributed by atoms with Crippen LogP contribution in [0.25, 0.3) is 6.08 Å². The number of amides is 1. The summed E-state index contributed by atoms with van der Waals surface area (Å²) in [5.41, 5.74) is 1.93. The molecular formula is C24H18Br2N2O4. The molecule has 32 heavy (non-hydrogen) atoms. The smallest absolute Gasteiger partial charge is 0.266 e. The number of ether oxygens (including phenoxy) is 2. The molecule has 1 amide bonds. The molecule has 0 unspecified atom stereocenters. The second-order valence-corrected chi connectivity index (χ2v) is 8.29. The van der Waals surface area contributed by atoms with E-state index in [2.05, 4.69) is 37.2 Å². The zero-order valence-electron chi connectivity index (χ0n) is 16.9. The van der Waals surface area contributed by atoms with Gasteiger partial charge < -0.3 is 19.9 Å². The van der Waals surface area contributed by atoms with Crippen molar-refractivity contribution in [3.8, 4) is 23.3 Å². The summed E-state index contributed by atoms with van der Waals surface area (Å²) in [4.78, 5) is 12.5. The molecule has 0 bridgehead atoms. The van der Waals surface area contributed by atoms with Gasteiger partial charge in [0.25, 0.3) is 5.91 Å². The first kappa shape index (κ1) is 23.4. The molecule has 2 N–H and O–H groups in total. The van der Waals surface area contributed by atoms with Crippen molar-refractivity contribution in [2.45, 2.75) is 6.61 Å². The molecule has 0 spiro atoms. The number of benzene rings is 3. The zero-order valence-corrected chi connectivity index (χ0v) is 20.1. The average molecular weight is 558 g/mol. The molecular weight excluding hydrogens is 540 g/mol. The van der Waals surface area contributed by atoms with Gasteiger partial charge in [0.05, 0.1) is 11.6 Å². The van der Waals surface area contributed by atoms with E-state index in [-0.39, 0.29) is 11.3 Å². The lowest BCUT2D eigenvalue weighted by atomic mass is 10.1. The van der Waals surface area contributed by atoms with Gasteiger partial charge in [0.1, 0.15) is 24.0 Å². The lowest BCUT2D eigenvalue weighted by molar-refractivity contribution is -0.112. The number of rotatable bonds is 7. The minimum atomic E-state index is -0.567. The topological polar surface area (TPSA) is 91.6 Å². The van der Waals surface area contributed by atoms with Crippen molar-refractivity contribution in [1.29, 1.82) is 5.26 Å². The van der Waals surface area contributed by atoms with Crippen molar-refractivity contribution in [1.82, 2.24) is 0 Å². The van der Waals surface area contributed by atoms with E-state index < -0.39 is 5.91 Å². The zero-order chi connectivity index (χ0) is 23.1. The van der Waals surface area contributed by atoms with Gasteiger partial charge >= 0.3 is 0 Å². The largest absolute Gasteiger partial charge is 0.508 e. The number of hydrogen-bond donors (Lipinski definition) is 2. The fourth-order valence-electron chi connectivity index (χ4n) is 2.79. The molecule has 0 fully saturated rings. The lowest BCUT2D eigenvalue weighted by Gasteiger charge is -2.14. The number of methoxy groups -OCH3 is 1. The Balaban J connectivity index is 1.82. The molecule has 0 aliphatic rings. The molecule has 0 saturated carbocycles. The highest BCUT2D eigenvalue weighted by Gasteiger charge is 2.15. The number of aromatic hydroxyl groups is 1. The van der Waals surface area contributed by atoms with Crippen LogP contribution in [0.5, 0.6) is 17.2 Å². The number of nitriles is 1. The van der Waals surface area contributed by atoms with Gasteiger partial charge in [-0.25, -0.2) is 0 Å². The third-order valence-corrected chi connectivity index (χ3v) is 5.75. The second-order valence-electron chi connectivity index (χ2n) is 6.59. The van der Waals surface area contributed by atoms with Gasteiger partial charge in [-0.2, -0.15) is 5.26 Å². The maximum Gasteiger partial charge on any atom is 0.266 e. The summed E-state index contributed by atoms with van der Waals surface area (Å²) >= 11 is 6.99. The highest BCUT2D eigenvalue weighted by Crippen LogP contribution is 2.38. The number of carbonyl (C=O) groups excluding carboxylic acids is 1. The van der Waals surface area contributed by atoms with E-state index in [1.54, 1.807) is 24.3 Å². The Morgan fingerprint density at radius 2 is 1.84 bits per heavy atom. The average Bonchev–Trinajstić information content (AvgIpc) is 2.78. The maximum atomic E-state index is 12.5. The SMILES string of the molecule is COc1cc(/C=C(\C#N)C(=O)Nc2ccc(O)cc2)cc(Br)c1OCc1ccccc1Br. The van der Waals surface area contributed by atoms with Gasteiger partial charge in [0.2, 0.25) is 0 Å². The van der Waals surface area contributed by atoms with Crippen LogP contribution in [-0.2, 0) is 11.4 Å². The molecule has 0 aliphatic heterocycles. The van der Waals surface area contributed by atoms with Crippen molar-refractivity contribution in [2.24, 2.45) is 0 Å². The van der Waals surface area contributed by atoms with E-state index in [9.17, 15) is 15.2 Å². The summed E-state index contributed by atoms with van der Waals surface area (Å²) in [7, 11) is 1.52. The van der Waals surface area contributed by atoms with Crippen LogP contribution < -0.4 is 14.8 Å². The van der Waals surface area contributed by atoms with Crippen LogP contribution in [0.3, 0.4) is 0 Å². The Labute approximate surface area is 202 Å². The van der Waals surface area contributed by atoms with Gasteiger partial charge in [-0.15, -0.1) is 0 Å². The molecule has 162 valence electrons. The summed E-state index contributed by atoms with van der Waals surface area (Å²) < 4.78 is 13.0. The molecule has 0 saturated heterocycles. The lowest BCUT2D eigenvalue weighted by Crippen LogP contribution is -2.13. The molecule has 0 aliphatic carbocycles. The van der Waals surface area contributed by atoms with E-state index in [0.717, 1.165) is 10.0 Å². The molecule has 3 aromatic rings. The Kier molecular flexibility index (Phi) is 7.92. The van der Waals surface area contributed by atoms with E-state index >= 15 is 0 Å². The summed E-state index contributed by atoms with van der Waals surface area (Å²) in [6, 6.07) is 19.1. The minimum Gasteiger partial charge on any atom is -0.508 e. The fourth-order valence-corrected chi connectivity index (χ4v) is 3.76. The van der Waals surface area contributed by atoms with Crippen molar-refractivity contribution in [3.05, 3.63) is 86.3 Å². The third-order valence-electron chi connectivity index (χ3n) is 4.38. The van der Waals surface area contributed by atoms with E-state index in [0.29, 0.717) is 33.8 Å². The van der Waals surface area contributed by atoms with Gasteiger partial charge in [-0.3, -0.25) is 4.79 Å². The predicted octanol–water partition coefficient (Wildman–Crippen LogP) is 6.05. The Bertz CT molecular complexity index is 1200. The summed E-state index contributed by atoms with van der Waals surface area (Å²) in [6.07, 6.45) is 1.46. The van der Waals surface area contributed by atoms with Crippen molar-refractivity contribution < 1.29 is 19.4 Å². The van der Waals surface area contributed by atoms with Crippen LogP contribution in [0.4, 0.5) is 5.69 Å². The van der Waals surface area contributed by atoms with Crippen LogP contribution in [0.1, 0.15) is 11.1 Å². The van der Waals surface area contributed by atoms with E-state index in [1.807, 2.05) is 30.3 Å². The predicted molar refractivity (Wildman–Crippen MR) is 129 cm³/mol. The quantitative estimate of drug-likeness (QED) is 0.209. The summed E-state index contributed by atoms with van der Waals surface area (Å²) in [5.74, 6) is 0.474. The van der Waals surface area contributed by atoms with E-state index in [1.165, 1.54) is 25.3 Å². The van der Waals surface area contributed by atoms with Gasteiger partial charge in [0, 0.05) is 15.7 Å². The second kappa shape index (κ2) is 10.8. The molecule has 0 aromatic heterocycles. The number of nitrogens with zero attached hydrogens (tertiary/aromatic N) is 1. The molecule has 0 atom stereocenters. The molecule has 8 heteroatoms. The number of halogens is 2. The number of anilines is 1. The Morgan fingerprint density at radius 3 is 2.50 bits per heavy atom. The van der Waals surface area contributed by atoms with Crippen LogP contribution in [0.2, 0.25) is 0 Å². The summed E-state index contributed by atoms with van der Waals surface area (Å²) in [5, 5.41) is 21.5. The van der Waals surface area contributed by atoms with Gasteiger partial charge in [0.15, 0.2) is 11.5 Å². The van der Waals surface area contributed by atoms with Gasteiger partial charge in [-0.05, 0) is 70.0 Å². The highest BCUT2D eigenvalue weighted by molar-refractivity contribution is 9.10. The fraction of sp³-hybridized carbons (Fsp3) is 0.0833. The molecule has 6 nitrogen and oxygen atoms in total. The minimum absolute atomic E-state index is 0.0814. The van der Waals surface area contributed by atoms with Crippen LogP contribution in [0.15, 0.2) is 75.2 Å². The highest BCUT2D eigenvalue weighted by atomic mass is 79.9. The van der Waals surface area contributed by atoms with Crippen LogP contribution in [-0.4, -0.2) is 18.1 Å².